The maximum atomic E-state index is 12.2. The summed E-state index contributed by atoms with van der Waals surface area (Å²) in [5.74, 6) is 1.21. The molecule has 0 unspecified atom stereocenters. The molecule has 0 aliphatic heterocycles. The van der Waals surface area contributed by atoms with Gasteiger partial charge in [-0.15, -0.1) is 0 Å². The lowest BCUT2D eigenvalue weighted by Crippen LogP contribution is -1.97. The van der Waals surface area contributed by atoms with Crippen LogP contribution < -0.4 is 14.2 Å². The number of carbonyl (C=O) groups excluding carboxylic acids is 1. The van der Waals surface area contributed by atoms with Gasteiger partial charge in [0.25, 0.3) is 0 Å². The van der Waals surface area contributed by atoms with E-state index in [1.165, 1.54) is 26.4 Å². The van der Waals surface area contributed by atoms with E-state index < -0.39 is 0 Å². The molecule has 0 saturated carbocycles. The maximum Gasteiger partial charge on any atom is 0.189 e. The summed E-state index contributed by atoms with van der Waals surface area (Å²) in [5.41, 5.74) is 0.866. The third kappa shape index (κ3) is 3.63. The van der Waals surface area contributed by atoms with Gasteiger partial charge in [0, 0.05) is 11.6 Å². The number of aromatic hydroxyl groups is 1. The van der Waals surface area contributed by atoms with E-state index in [0.717, 1.165) is 0 Å². The van der Waals surface area contributed by atoms with E-state index in [0.29, 0.717) is 22.8 Å². The number of carbonyl (C=O) groups is 1. The average molecular weight is 314 g/mol. The van der Waals surface area contributed by atoms with Crippen LogP contribution in [0.15, 0.2) is 42.5 Å². The van der Waals surface area contributed by atoms with Gasteiger partial charge in [0.05, 0.1) is 26.9 Å². The summed E-state index contributed by atoms with van der Waals surface area (Å²) in [6, 6.07) is 9.81. The van der Waals surface area contributed by atoms with Crippen LogP contribution in [0, 0.1) is 0 Å². The van der Waals surface area contributed by atoms with E-state index in [1.807, 2.05) is 0 Å². The standard InChI is InChI=1S/C18H18O5/c1-21-13-10-12(18(23-3)17(11-13)22-2)8-9-16(20)14-6-4-5-7-15(14)19/h4-11,19H,1-3H3. The Bertz CT molecular complexity index is 734. The molecule has 0 amide bonds. The molecule has 0 saturated heterocycles. The fourth-order valence-corrected chi connectivity index (χ4v) is 2.15. The van der Waals surface area contributed by atoms with Crippen molar-refractivity contribution in [1.82, 2.24) is 0 Å². The molecule has 0 spiro atoms. The van der Waals surface area contributed by atoms with Gasteiger partial charge < -0.3 is 19.3 Å². The van der Waals surface area contributed by atoms with E-state index in [-0.39, 0.29) is 17.1 Å². The lowest BCUT2D eigenvalue weighted by molar-refractivity contribution is 0.104. The topological polar surface area (TPSA) is 65.0 Å². The van der Waals surface area contributed by atoms with Gasteiger partial charge in [0.2, 0.25) is 0 Å². The monoisotopic (exact) mass is 314 g/mol. The van der Waals surface area contributed by atoms with Crippen molar-refractivity contribution in [2.75, 3.05) is 21.3 Å². The van der Waals surface area contributed by atoms with Crippen molar-refractivity contribution in [3.8, 4) is 23.0 Å². The Morgan fingerprint density at radius 3 is 2.39 bits per heavy atom. The molecule has 2 aromatic rings. The van der Waals surface area contributed by atoms with Crippen LogP contribution in [0.4, 0.5) is 0 Å². The minimum atomic E-state index is -0.313. The molecule has 0 aliphatic carbocycles. The third-order valence-electron chi connectivity index (χ3n) is 3.30. The first kappa shape index (κ1) is 16.4. The summed E-state index contributed by atoms with van der Waals surface area (Å²) >= 11 is 0. The number of benzene rings is 2. The second-order valence-electron chi connectivity index (χ2n) is 4.67. The minimum absolute atomic E-state index is 0.0580. The summed E-state index contributed by atoms with van der Waals surface area (Å²) in [7, 11) is 4.59. The van der Waals surface area contributed by atoms with E-state index in [2.05, 4.69) is 0 Å². The first-order chi connectivity index (χ1) is 11.1. The van der Waals surface area contributed by atoms with Crippen LogP contribution in [-0.4, -0.2) is 32.2 Å². The fraction of sp³-hybridized carbons (Fsp3) is 0.167. The van der Waals surface area contributed by atoms with Crippen molar-refractivity contribution >= 4 is 11.9 Å². The quantitative estimate of drug-likeness (QED) is 0.654. The van der Waals surface area contributed by atoms with E-state index >= 15 is 0 Å². The molecule has 120 valence electrons. The Morgan fingerprint density at radius 2 is 1.78 bits per heavy atom. The van der Waals surface area contributed by atoms with Gasteiger partial charge in [-0.3, -0.25) is 4.79 Å². The average Bonchev–Trinajstić information content (AvgIpc) is 2.58. The molecule has 0 heterocycles. The summed E-state index contributed by atoms with van der Waals surface area (Å²) in [6.07, 6.45) is 2.96. The van der Waals surface area contributed by atoms with Crippen molar-refractivity contribution in [1.29, 1.82) is 0 Å². The lowest BCUT2D eigenvalue weighted by Gasteiger charge is -2.12. The molecule has 2 rings (SSSR count). The third-order valence-corrected chi connectivity index (χ3v) is 3.30. The number of ether oxygens (including phenoxy) is 3. The molecule has 23 heavy (non-hydrogen) atoms. The number of hydrogen-bond acceptors (Lipinski definition) is 5. The largest absolute Gasteiger partial charge is 0.507 e. The van der Waals surface area contributed by atoms with Gasteiger partial charge in [0.15, 0.2) is 17.3 Å². The van der Waals surface area contributed by atoms with Crippen molar-refractivity contribution in [2.45, 2.75) is 0 Å². The highest BCUT2D eigenvalue weighted by Gasteiger charge is 2.12. The molecule has 0 atom stereocenters. The van der Waals surface area contributed by atoms with Crippen LogP contribution in [0.1, 0.15) is 15.9 Å². The Hall–Kier alpha value is -2.95. The van der Waals surface area contributed by atoms with Gasteiger partial charge in [-0.25, -0.2) is 0 Å². The van der Waals surface area contributed by atoms with Gasteiger partial charge >= 0.3 is 0 Å². The van der Waals surface area contributed by atoms with E-state index in [9.17, 15) is 9.90 Å². The number of allylic oxidation sites excluding steroid dienone is 1. The molecule has 0 aliphatic rings. The SMILES string of the molecule is COc1cc(C=CC(=O)c2ccccc2O)c(OC)c(OC)c1. The number of phenols is 1. The van der Waals surface area contributed by atoms with Crippen molar-refractivity contribution < 1.29 is 24.1 Å². The smallest absolute Gasteiger partial charge is 0.189 e. The Labute approximate surface area is 134 Å². The summed E-state index contributed by atoms with van der Waals surface area (Å²) in [6.45, 7) is 0. The molecule has 1 N–H and O–H groups in total. The number of methoxy groups -OCH3 is 3. The first-order valence-electron chi connectivity index (χ1n) is 6.91. The highest BCUT2D eigenvalue weighted by molar-refractivity contribution is 6.08. The molecule has 0 radical (unpaired) electrons. The maximum absolute atomic E-state index is 12.2. The highest BCUT2D eigenvalue weighted by Crippen LogP contribution is 2.36. The second-order valence-corrected chi connectivity index (χ2v) is 4.67. The number of hydrogen-bond donors (Lipinski definition) is 1. The number of ketones is 1. The second kappa shape index (κ2) is 7.35. The van der Waals surface area contributed by atoms with Crippen LogP contribution in [0.25, 0.3) is 6.08 Å². The first-order valence-corrected chi connectivity index (χ1v) is 6.91. The predicted molar refractivity (Wildman–Crippen MR) is 87.6 cm³/mol. The normalized spacial score (nSPS) is 10.6. The zero-order chi connectivity index (χ0) is 16.8. The Kier molecular flexibility index (Phi) is 5.25. The van der Waals surface area contributed by atoms with Gasteiger partial charge in [-0.1, -0.05) is 12.1 Å². The molecule has 5 nitrogen and oxygen atoms in total. The highest BCUT2D eigenvalue weighted by atomic mass is 16.5. The number of para-hydroxylation sites is 1. The molecule has 0 bridgehead atoms. The van der Waals surface area contributed by atoms with Crippen LogP contribution in [-0.2, 0) is 0 Å². The molecule has 2 aromatic carbocycles. The summed E-state index contributed by atoms with van der Waals surface area (Å²) in [5, 5.41) is 9.72. The zero-order valence-corrected chi connectivity index (χ0v) is 13.2. The summed E-state index contributed by atoms with van der Waals surface area (Å²) in [4.78, 5) is 12.2. The molecule has 5 heteroatoms. The van der Waals surface area contributed by atoms with Crippen molar-refractivity contribution in [3.05, 3.63) is 53.6 Å². The van der Waals surface area contributed by atoms with Gasteiger partial charge in [-0.05, 0) is 30.4 Å². The zero-order valence-electron chi connectivity index (χ0n) is 13.2. The van der Waals surface area contributed by atoms with Crippen LogP contribution >= 0.6 is 0 Å². The fourth-order valence-electron chi connectivity index (χ4n) is 2.15. The molecule has 0 aromatic heterocycles. The Morgan fingerprint density at radius 1 is 1.04 bits per heavy atom. The Balaban J connectivity index is 2.38. The number of rotatable bonds is 6. The summed E-state index contributed by atoms with van der Waals surface area (Å²) < 4.78 is 15.8. The molecular weight excluding hydrogens is 296 g/mol. The predicted octanol–water partition coefficient (Wildman–Crippen LogP) is 3.31. The van der Waals surface area contributed by atoms with Gasteiger partial charge in [0.1, 0.15) is 11.5 Å². The van der Waals surface area contributed by atoms with Crippen LogP contribution in [0.2, 0.25) is 0 Å². The minimum Gasteiger partial charge on any atom is -0.507 e. The van der Waals surface area contributed by atoms with Crippen molar-refractivity contribution in [3.63, 3.8) is 0 Å². The van der Waals surface area contributed by atoms with E-state index in [4.69, 9.17) is 14.2 Å². The van der Waals surface area contributed by atoms with Crippen molar-refractivity contribution in [2.24, 2.45) is 0 Å². The van der Waals surface area contributed by atoms with Gasteiger partial charge in [-0.2, -0.15) is 0 Å². The number of phenolic OH excluding ortho intramolecular Hbond substituents is 1. The molecular formula is C18H18O5. The molecule has 0 fully saturated rings. The van der Waals surface area contributed by atoms with E-state index in [1.54, 1.807) is 43.5 Å². The lowest BCUT2D eigenvalue weighted by atomic mass is 10.1. The van der Waals surface area contributed by atoms with Crippen LogP contribution in [0.5, 0.6) is 23.0 Å². The van der Waals surface area contributed by atoms with Crippen LogP contribution in [0.3, 0.4) is 0 Å².